The summed E-state index contributed by atoms with van der Waals surface area (Å²) in [6.07, 6.45) is 10.2. The minimum atomic E-state index is -2.95. The van der Waals surface area contributed by atoms with Crippen LogP contribution in [0.3, 0.4) is 0 Å². The van der Waals surface area contributed by atoms with Gasteiger partial charge in [0.2, 0.25) is 0 Å². The van der Waals surface area contributed by atoms with Crippen LogP contribution in [0.2, 0.25) is 0 Å². The van der Waals surface area contributed by atoms with Crippen molar-refractivity contribution in [2.45, 2.75) is 39.0 Å². The van der Waals surface area contributed by atoms with Crippen molar-refractivity contribution >= 4 is 9.84 Å². The van der Waals surface area contributed by atoms with Gasteiger partial charge in [-0.05, 0) is 6.42 Å². The van der Waals surface area contributed by atoms with Crippen molar-refractivity contribution in [3.63, 3.8) is 0 Å². The van der Waals surface area contributed by atoms with Gasteiger partial charge in [0.1, 0.15) is 5.75 Å². The fraction of sp³-hybridized carbons (Fsp3) is 0.800. The van der Waals surface area contributed by atoms with Gasteiger partial charge in [0.15, 0.2) is 9.84 Å². The van der Waals surface area contributed by atoms with Gasteiger partial charge in [0.25, 0.3) is 0 Å². The van der Waals surface area contributed by atoms with Gasteiger partial charge in [-0.15, -0.1) is 6.42 Å². The Morgan fingerprint density at radius 3 is 2.31 bits per heavy atom. The maximum absolute atomic E-state index is 11.1. The maximum atomic E-state index is 11.1. The summed E-state index contributed by atoms with van der Waals surface area (Å²) >= 11 is 0. The zero-order chi connectivity index (χ0) is 10.2. The van der Waals surface area contributed by atoms with E-state index >= 15 is 0 Å². The standard InChI is InChI=1S/C10H18O2S/c1-3-5-6-7-8-10-13(11,12)9-4-2/h2H,3,5-10H2,1H3. The minimum Gasteiger partial charge on any atom is -0.228 e. The highest BCUT2D eigenvalue weighted by atomic mass is 32.2. The average Bonchev–Trinajstić information content (AvgIpc) is 2.04. The molecule has 0 fully saturated rings. The smallest absolute Gasteiger partial charge is 0.161 e. The molecule has 0 amide bonds. The number of hydrogen-bond donors (Lipinski definition) is 0. The Bertz CT molecular complexity index is 247. The molecule has 0 saturated carbocycles. The Kier molecular flexibility index (Phi) is 6.70. The molecule has 0 aliphatic carbocycles. The molecule has 0 aromatic rings. The molecule has 0 aromatic heterocycles. The molecule has 2 nitrogen and oxygen atoms in total. The third-order valence-electron chi connectivity index (χ3n) is 1.86. The maximum Gasteiger partial charge on any atom is 0.161 e. The van der Waals surface area contributed by atoms with Crippen molar-refractivity contribution in [2.24, 2.45) is 0 Å². The van der Waals surface area contributed by atoms with Crippen LogP contribution in [0, 0.1) is 12.3 Å². The summed E-state index contributed by atoms with van der Waals surface area (Å²) in [6, 6.07) is 0. The highest BCUT2D eigenvalue weighted by molar-refractivity contribution is 7.91. The van der Waals surface area contributed by atoms with Gasteiger partial charge in [0.05, 0.1) is 5.75 Å². The monoisotopic (exact) mass is 202 g/mol. The summed E-state index contributed by atoms with van der Waals surface area (Å²) in [7, 11) is -2.95. The Hall–Kier alpha value is -0.490. The predicted octanol–water partition coefficient (Wildman–Crippen LogP) is 2.00. The second kappa shape index (κ2) is 6.97. The summed E-state index contributed by atoms with van der Waals surface area (Å²) in [5.74, 6) is 2.31. The number of sulfone groups is 1. The van der Waals surface area contributed by atoms with E-state index in [9.17, 15) is 8.42 Å². The van der Waals surface area contributed by atoms with Gasteiger partial charge in [-0.2, -0.15) is 0 Å². The molecule has 0 aliphatic heterocycles. The first-order chi connectivity index (χ1) is 6.12. The highest BCUT2D eigenvalue weighted by Crippen LogP contribution is 2.04. The SMILES string of the molecule is C#CCS(=O)(=O)CCCCCCC. The predicted molar refractivity (Wildman–Crippen MR) is 56.2 cm³/mol. The zero-order valence-corrected chi connectivity index (χ0v) is 9.07. The van der Waals surface area contributed by atoms with Gasteiger partial charge in [0, 0.05) is 0 Å². The molecular weight excluding hydrogens is 184 g/mol. The summed E-state index contributed by atoms with van der Waals surface area (Å²) in [5, 5.41) is 0. The fourth-order valence-electron chi connectivity index (χ4n) is 1.12. The molecule has 0 bridgehead atoms. The fourth-order valence-corrected chi connectivity index (χ4v) is 2.17. The highest BCUT2D eigenvalue weighted by Gasteiger charge is 2.07. The Labute approximate surface area is 81.6 Å². The lowest BCUT2D eigenvalue weighted by Crippen LogP contribution is -2.09. The molecule has 0 N–H and O–H groups in total. The molecule has 0 heterocycles. The van der Waals surface area contributed by atoms with Gasteiger partial charge < -0.3 is 0 Å². The Balaban J connectivity index is 3.48. The van der Waals surface area contributed by atoms with Gasteiger partial charge in [-0.25, -0.2) is 8.42 Å². The Morgan fingerprint density at radius 2 is 1.77 bits per heavy atom. The zero-order valence-electron chi connectivity index (χ0n) is 8.25. The largest absolute Gasteiger partial charge is 0.228 e. The quantitative estimate of drug-likeness (QED) is 0.467. The normalized spacial score (nSPS) is 11.1. The first-order valence-corrected chi connectivity index (χ1v) is 6.58. The van der Waals surface area contributed by atoms with Crippen molar-refractivity contribution in [3.05, 3.63) is 0 Å². The van der Waals surface area contributed by atoms with Crippen LogP contribution in [-0.2, 0) is 9.84 Å². The van der Waals surface area contributed by atoms with E-state index in [1.165, 1.54) is 12.8 Å². The number of rotatable bonds is 7. The molecule has 0 saturated heterocycles. The molecule has 76 valence electrons. The lowest BCUT2D eigenvalue weighted by Gasteiger charge is -2.00. The van der Waals surface area contributed by atoms with Crippen molar-refractivity contribution < 1.29 is 8.42 Å². The molecule has 0 rings (SSSR count). The van der Waals surface area contributed by atoms with Crippen LogP contribution in [0.25, 0.3) is 0 Å². The third kappa shape index (κ3) is 7.86. The van der Waals surface area contributed by atoms with E-state index < -0.39 is 9.84 Å². The van der Waals surface area contributed by atoms with Crippen LogP contribution >= 0.6 is 0 Å². The number of hydrogen-bond acceptors (Lipinski definition) is 2. The molecule has 3 heteroatoms. The van der Waals surface area contributed by atoms with Crippen molar-refractivity contribution in [2.75, 3.05) is 11.5 Å². The van der Waals surface area contributed by atoms with Crippen molar-refractivity contribution in [3.8, 4) is 12.3 Å². The van der Waals surface area contributed by atoms with Crippen LogP contribution in [0.1, 0.15) is 39.0 Å². The topological polar surface area (TPSA) is 34.1 Å². The molecule has 0 atom stereocenters. The second-order valence-corrected chi connectivity index (χ2v) is 5.39. The molecule has 0 unspecified atom stereocenters. The third-order valence-corrected chi connectivity index (χ3v) is 3.38. The first kappa shape index (κ1) is 12.5. The van der Waals surface area contributed by atoms with Crippen LogP contribution in [-0.4, -0.2) is 19.9 Å². The van der Waals surface area contributed by atoms with Crippen molar-refractivity contribution in [1.29, 1.82) is 0 Å². The summed E-state index contributed by atoms with van der Waals surface area (Å²) in [4.78, 5) is 0. The lowest BCUT2D eigenvalue weighted by molar-refractivity contribution is 0.590. The average molecular weight is 202 g/mol. The van der Waals surface area contributed by atoms with Crippen LogP contribution in [0.4, 0.5) is 0 Å². The van der Waals surface area contributed by atoms with Crippen LogP contribution in [0.5, 0.6) is 0 Å². The number of terminal acetylenes is 1. The number of unbranched alkanes of at least 4 members (excludes halogenated alkanes) is 4. The van der Waals surface area contributed by atoms with E-state index in [-0.39, 0.29) is 11.5 Å². The molecule has 0 spiro atoms. The van der Waals surface area contributed by atoms with Gasteiger partial charge in [-0.3, -0.25) is 0 Å². The molecule has 0 aliphatic rings. The summed E-state index contributed by atoms with van der Waals surface area (Å²) in [6.45, 7) is 2.13. The van der Waals surface area contributed by atoms with E-state index in [0.29, 0.717) is 0 Å². The lowest BCUT2D eigenvalue weighted by atomic mass is 10.2. The van der Waals surface area contributed by atoms with Gasteiger partial charge >= 0.3 is 0 Å². The summed E-state index contributed by atoms with van der Waals surface area (Å²) in [5.41, 5.74) is 0. The van der Waals surface area contributed by atoms with E-state index in [0.717, 1.165) is 19.3 Å². The Morgan fingerprint density at radius 1 is 1.15 bits per heavy atom. The van der Waals surface area contributed by atoms with E-state index in [1.807, 2.05) is 0 Å². The van der Waals surface area contributed by atoms with Crippen LogP contribution < -0.4 is 0 Å². The second-order valence-electron chi connectivity index (χ2n) is 3.21. The van der Waals surface area contributed by atoms with E-state index in [2.05, 4.69) is 12.8 Å². The molecule has 0 aromatic carbocycles. The first-order valence-electron chi connectivity index (χ1n) is 4.76. The molecule has 0 radical (unpaired) electrons. The van der Waals surface area contributed by atoms with Crippen molar-refractivity contribution in [1.82, 2.24) is 0 Å². The molecular formula is C10H18O2S. The molecule has 13 heavy (non-hydrogen) atoms. The summed E-state index contributed by atoms with van der Waals surface area (Å²) < 4.78 is 22.2. The minimum absolute atomic E-state index is 0.110. The van der Waals surface area contributed by atoms with Crippen LogP contribution in [0.15, 0.2) is 0 Å². The van der Waals surface area contributed by atoms with E-state index in [1.54, 1.807) is 0 Å². The van der Waals surface area contributed by atoms with E-state index in [4.69, 9.17) is 6.42 Å². The van der Waals surface area contributed by atoms with Gasteiger partial charge in [-0.1, -0.05) is 38.5 Å².